The van der Waals surface area contributed by atoms with Gasteiger partial charge in [0, 0.05) is 27.2 Å². The molecule has 5 nitrogen and oxygen atoms in total. The van der Waals surface area contributed by atoms with E-state index in [-0.39, 0.29) is 16.4 Å². The monoisotopic (exact) mass is 442 g/mol. The Kier molecular flexibility index (Phi) is 4.90. The maximum Gasteiger partial charge on any atom is 0.266 e. The van der Waals surface area contributed by atoms with E-state index in [9.17, 15) is 9.59 Å². The molecule has 0 N–H and O–H groups in total. The van der Waals surface area contributed by atoms with Gasteiger partial charge < -0.3 is 4.74 Å². The minimum absolute atomic E-state index is 0.133. The van der Waals surface area contributed by atoms with Crippen LogP contribution in [0.5, 0.6) is 0 Å². The number of benzene rings is 2. The van der Waals surface area contributed by atoms with Crippen LogP contribution in [0.15, 0.2) is 62.6 Å². The van der Waals surface area contributed by atoms with Crippen molar-refractivity contribution in [1.82, 2.24) is 9.55 Å². The molecule has 27 heavy (non-hydrogen) atoms. The summed E-state index contributed by atoms with van der Waals surface area (Å²) < 4.78 is 8.38. The van der Waals surface area contributed by atoms with Gasteiger partial charge in [-0.25, -0.2) is 4.98 Å². The zero-order valence-electron chi connectivity index (χ0n) is 14.4. The molecule has 2 aromatic carbocycles. The van der Waals surface area contributed by atoms with Gasteiger partial charge in [-0.05, 0) is 24.3 Å². The number of fused-ring (bicyclic) bond motifs is 2. The first-order valence-corrected chi connectivity index (χ1v) is 9.92. The summed E-state index contributed by atoms with van der Waals surface area (Å²) in [5.74, 6) is 0.525. The number of hydrogen-bond donors (Lipinski definition) is 0. The number of nitrogens with zero attached hydrogens (tertiary/aromatic N) is 2. The van der Waals surface area contributed by atoms with Gasteiger partial charge in [0.15, 0.2) is 0 Å². The molecule has 0 saturated heterocycles. The van der Waals surface area contributed by atoms with E-state index in [0.717, 1.165) is 14.7 Å². The van der Waals surface area contributed by atoms with Crippen LogP contribution < -0.4 is 11.0 Å². The molecule has 0 spiro atoms. The van der Waals surface area contributed by atoms with Crippen LogP contribution in [0.2, 0.25) is 0 Å². The molecule has 0 aliphatic carbocycles. The Balaban J connectivity index is 2.12. The molecule has 4 rings (SSSR count). The lowest BCUT2D eigenvalue weighted by atomic mass is 10.2. The SMILES string of the molecule is COCCn1c(-c2cccc(Br)c2)nc2sc3ccccc3c(=O)c2c1=O. The van der Waals surface area contributed by atoms with Gasteiger partial charge in [-0.1, -0.05) is 40.2 Å². The van der Waals surface area contributed by atoms with Gasteiger partial charge >= 0.3 is 0 Å². The molecule has 0 bridgehead atoms. The normalized spacial score (nSPS) is 11.3. The van der Waals surface area contributed by atoms with Gasteiger partial charge in [-0.15, -0.1) is 11.3 Å². The standard InChI is InChI=1S/C20H15BrN2O3S/c1-26-10-9-23-18(12-5-4-6-13(21)11-12)22-19-16(20(23)25)17(24)14-7-2-3-8-15(14)27-19/h2-8,11H,9-10H2,1H3. The first-order valence-electron chi connectivity index (χ1n) is 8.31. The zero-order valence-corrected chi connectivity index (χ0v) is 16.8. The van der Waals surface area contributed by atoms with Gasteiger partial charge in [-0.2, -0.15) is 0 Å². The molecule has 0 aliphatic heterocycles. The van der Waals surface area contributed by atoms with Crippen molar-refractivity contribution in [1.29, 1.82) is 0 Å². The van der Waals surface area contributed by atoms with Gasteiger partial charge in [0.25, 0.3) is 5.56 Å². The fourth-order valence-corrected chi connectivity index (χ4v) is 4.46. The van der Waals surface area contributed by atoms with Crippen LogP contribution in [0, 0.1) is 0 Å². The van der Waals surface area contributed by atoms with Crippen LogP contribution in [0.4, 0.5) is 0 Å². The molecule has 2 aromatic heterocycles. The molecule has 0 saturated carbocycles. The number of rotatable bonds is 4. The van der Waals surface area contributed by atoms with E-state index in [4.69, 9.17) is 9.72 Å². The lowest BCUT2D eigenvalue weighted by Crippen LogP contribution is -2.28. The Bertz CT molecular complexity index is 1280. The van der Waals surface area contributed by atoms with E-state index < -0.39 is 0 Å². The molecule has 7 heteroatoms. The second kappa shape index (κ2) is 7.34. The number of hydrogen-bond acceptors (Lipinski definition) is 5. The van der Waals surface area contributed by atoms with E-state index in [2.05, 4.69) is 15.9 Å². The summed E-state index contributed by atoms with van der Waals surface area (Å²) in [4.78, 5) is 31.4. The summed E-state index contributed by atoms with van der Waals surface area (Å²) in [5.41, 5.74) is 0.190. The van der Waals surface area contributed by atoms with E-state index >= 15 is 0 Å². The quantitative estimate of drug-likeness (QED) is 0.447. The van der Waals surface area contributed by atoms with Crippen molar-refractivity contribution in [3.8, 4) is 11.4 Å². The minimum atomic E-state index is -0.334. The summed E-state index contributed by atoms with van der Waals surface area (Å²) in [6.07, 6.45) is 0. The van der Waals surface area contributed by atoms with Crippen molar-refractivity contribution in [3.05, 3.63) is 73.6 Å². The number of aromatic nitrogens is 2. The fraction of sp³-hybridized carbons (Fsp3) is 0.150. The lowest BCUT2D eigenvalue weighted by molar-refractivity contribution is 0.186. The maximum atomic E-state index is 13.2. The average Bonchev–Trinajstić information content (AvgIpc) is 2.67. The highest BCUT2D eigenvalue weighted by atomic mass is 79.9. The molecule has 0 unspecified atom stereocenters. The fourth-order valence-electron chi connectivity index (χ4n) is 3.02. The first kappa shape index (κ1) is 18.0. The molecular weight excluding hydrogens is 428 g/mol. The molecule has 136 valence electrons. The maximum absolute atomic E-state index is 13.2. The van der Waals surface area contributed by atoms with Gasteiger partial charge in [0.2, 0.25) is 5.43 Å². The predicted octanol–water partition coefficient (Wildman–Crippen LogP) is 4.05. The Morgan fingerprint density at radius 2 is 1.96 bits per heavy atom. The summed E-state index contributed by atoms with van der Waals surface area (Å²) in [7, 11) is 1.58. The highest BCUT2D eigenvalue weighted by Gasteiger charge is 2.17. The van der Waals surface area contributed by atoms with E-state index in [1.165, 1.54) is 15.9 Å². The third-order valence-corrected chi connectivity index (χ3v) is 5.86. The number of ether oxygens (including phenoxy) is 1. The molecule has 0 atom stereocenters. The molecule has 2 heterocycles. The number of halogens is 1. The van der Waals surface area contributed by atoms with Gasteiger partial charge in [-0.3, -0.25) is 14.2 Å². The molecule has 0 fully saturated rings. The third kappa shape index (κ3) is 3.22. The van der Waals surface area contributed by atoms with Crippen LogP contribution >= 0.6 is 27.3 Å². The molecule has 0 amide bonds. The van der Waals surface area contributed by atoms with E-state index in [1.54, 1.807) is 19.2 Å². The molecule has 4 aromatic rings. The van der Waals surface area contributed by atoms with Crippen molar-refractivity contribution in [3.63, 3.8) is 0 Å². The third-order valence-electron chi connectivity index (χ3n) is 4.30. The summed E-state index contributed by atoms with van der Waals surface area (Å²) >= 11 is 4.82. The van der Waals surface area contributed by atoms with Crippen molar-refractivity contribution < 1.29 is 4.74 Å². The second-order valence-electron chi connectivity index (χ2n) is 6.00. The van der Waals surface area contributed by atoms with E-state index in [1.807, 2.05) is 36.4 Å². The minimum Gasteiger partial charge on any atom is -0.383 e. The topological polar surface area (TPSA) is 61.2 Å². The van der Waals surface area contributed by atoms with Crippen LogP contribution in [0.1, 0.15) is 0 Å². The summed E-state index contributed by atoms with van der Waals surface area (Å²) in [6.45, 7) is 0.663. The molecular formula is C20H15BrN2O3S. The summed E-state index contributed by atoms with van der Waals surface area (Å²) in [6, 6.07) is 14.9. The zero-order chi connectivity index (χ0) is 19.0. The smallest absolute Gasteiger partial charge is 0.266 e. The lowest BCUT2D eigenvalue weighted by Gasteiger charge is -2.13. The van der Waals surface area contributed by atoms with Gasteiger partial charge in [0.05, 0.1) is 13.2 Å². The van der Waals surface area contributed by atoms with Crippen molar-refractivity contribution in [2.45, 2.75) is 6.54 Å². The summed E-state index contributed by atoms with van der Waals surface area (Å²) in [5, 5.41) is 0.677. The molecule has 0 aliphatic rings. The average molecular weight is 443 g/mol. The van der Waals surface area contributed by atoms with Crippen LogP contribution in [-0.2, 0) is 11.3 Å². The molecule has 0 radical (unpaired) electrons. The van der Waals surface area contributed by atoms with E-state index in [0.29, 0.717) is 29.2 Å². The Hall–Kier alpha value is -2.35. The van der Waals surface area contributed by atoms with Gasteiger partial charge in [0.1, 0.15) is 16.0 Å². The van der Waals surface area contributed by atoms with Crippen LogP contribution in [-0.4, -0.2) is 23.3 Å². The Morgan fingerprint density at radius 1 is 1.15 bits per heavy atom. The highest BCUT2D eigenvalue weighted by molar-refractivity contribution is 9.10. The van der Waals surface area contributed by atoms with Crippen molar-refractivity contribution in [2.75, 3.05) is 13.7 Å². The predicted molar refractivity (Wildman–Crippen MR) is 113 cm³/mol. The number of methoxy groups -OCH3 is 1. The Morgan fingerprint density at radius 3 is 2.74 bits per heavy atom. The largest absolute Gasteiger partial charge is 0.383 e. The van der Waals surface area contributed by atoms with Crippen LogP contribution in [0.25, 0.3) is 31.7 Å². The first-order chi connectivity index (χ1) is 13.1. The second-order valence-corrected chi connectivity index (χ2v) is 7.95. The Labute approximate surface area is 167 Å². The van der Waals surface area contributed by atoms with Crippen molar-refractivity contribution >= 4 is 47.6 Å². The van der Waals surface area contributed by atoms with Crippen LogP contribution in [0.3, 0.4) is 0 Å². The highest BCUT2D eigenvalue weighted by Crippen LogP contribution is 2.26. The van der Waals surface area contributed by atoms with Crippen molar-refractivity contribution in [2.24, 2.45) is 0 Å².